The Kier molecular flexibility index (Phi) is 5.73. The summed E-state index contributed by atoms with van der Waals surface area (Å²) in [5, 5.41) is 13.8. The summed E-state index contributed by atoms with van der Waals surface area (Å²) in [7, 11) is 0. The van der Waals surface area contributed by atoms with E-state index in [0.717, 1.165) is 61.8 Å². The Morgan fingerprint density at radius 3 is 2.75 bits per heavy atom. The fourth-order valence-electron chi connectivity index (χ4n) is 3.80. The predicted octanol–water partition coefficient (Wildman–Crippen LogP) is 2.01. The average molecular weight is 350 g/mol. The molecular formula is C17H26N4O2S. The summed E-state index contributed by atoms with van der Waals surface area (Å²) in [4.78, 5) is 22.6. The Morgan fingerprint density at radius 1 is 1.42 bits per heavy atom. The monoisotopic (exact) mass is 350 g/mol. The van der Waals surface area contributed by atoms with Crippen LogP contribution in [0.4, 0.5) is 0 Å². The zero-order valence-electron chi connectivity index (χ0n) is 14.2. The highest BCUT2D eigenvalue weighted by atomic mass is 32.2. The van der Waals surface area contributed by atoms with Gasteiger partial charge in [-0.25, -0.2) is 9.97 Å². The van der Waals surface area contributed by atoms with Gasteiger partial charge >= 0.3 is 5.97 Å². The highest BCUT2D eigenvalue weighted by molar-refractivity contribution is 7.99. The first-order valence-electron chi connectivity index (χ1n) is 8.73. The number of nitrogens with one attached hydrogen (secondary N) is 1. The number of carboxylic acids is 1. The van der Waals surface area contributed by atoms with Gasteiger partial charge in [-0.2, -0.15) is 0 Å². The van der Waals surface area contributed by atoms with Crippen LogP contribution in [-0.4, -0.2) is 57.4 Å². The van der Waals surface area contributed by atoms with Gasteiger partial charge in [0.25, 0.3) is 0 Å². The van der Waals surface area contributed by atoms with Crippen LogP contribution < -0.4 is 5.32 Å². The van der Waals surface area contributed by atoms with E-state index >= 15 is 0 Å². The second-order valence-corrected chi connectivity index (χ2v) is 8.00. The predicted molar refractivity (Wildman–Crippen MR) is 94.0 cm³/mol. The molecule has 2 saturated heterocycles. The van der Waals surface area contributed by atoms with Crippen molar-refractivity contribution in [2.75, 3.05) is 25.4 Å². The van der Waals surface area contributed by atoms with Gasteiger partial charge in [0.05, 0.1) is 0 Å². The van der Waals surface area contributed by atoms with E-state index in [1.54, 1.807) is 11.8 Å². The van der Waals surface area contributed by atoms with E-state index in [2.05, 4.69) is 27.1 Å². The van der Waals surface area contributed by atoms with Gasteiger partial charge < -0.3 is 10.4 Å². The summed E-state index contributed by atoms with van der Waals surface area (Å²) in [6.45, 7) is 5.60. The highest BCUT2D eigenvalue weighted by Crippen LogP contribution is 2.42. The number of nitrogens with zero attached hydrogens (tertiary/aromatic N) is 3. The number of piperidine rings is 1. The maximum absolute atomic E-state index is 11.7. The second-order valence-electron chi connectivity index (χ2n) is 6.94. The Bertz CT molecular complexity index is 560. The van der Waals surface area contributed by atoms with Gasteiger partial charge in [-0.05, 0) is 44.2 Å². The summed E-state index contributed by atoms with van der Waals surface area (Å²) in [5.41, 5.74) is 1.15. The van der Waals surface area contributed by atoms with Crippen molar-refractivity contribution < 1.29 is 9.90 Å². The standard InChI is InChI=1S/C17H26N4O2S/c1-2-7-24-16-19-9-13(10-20-16)11-21-12-17(3-5-18-6-4-17)8-14(21)15(22)23/h9-10,14,18H,2-8,11-12H2,1H3,(H,22,23)/t14-/m0/s1. The van der Waals surface area contributed by atoms with Crippen molar-refractivity contribution in [1.29, 1.82) is 0 Å². The number of aromatic nitrogens is 2. The molecule has 0 unspecified atom stereocenters. The number of thioether (sulfide) groups is 1. The second kappa shape index (κ2) is 7.80. The molecule has 132 valence electrons. The first kappa shape index (κ1) is 17.6. The third kappa shape index (κ3) is 4.07. The van der Waals surface area contributed by atoms with Crippen LogP contribution in [0.2, 0.25) is 0 Å². The van der Waals surface area contributed by atoms with Crippen LogP contribution in [0.25, 0.3) is 0 Å². The van der Waals surface area contributed by atoms with Gasteiger partial charge in [-0.1, -0.05) is 18.7 Å². The zero-order chi connectivity index (χ0) is 17.0. The average Bonchev–Trinajstić information content (AvgIpc) is 2.93. The van der Waals surface area contributed by atoms with Crippen LogP contribution >= 0.6 is 11.8 Å². The van der Waals surface area contributed by atoms with E-state index in [-0.39, 0.29) is 5.41 Å². The molecule has 24 heavy (non-hydrogen) atoms. The minimum Gasteiger partial charge on any atom is -0.480 e. The van der Waals surface area contributed by atoms with Crippen LogP contribution in [0.5, 0.6) is 0 Å². The molecule has 1 aromatic rings. The van der Waals surface area contributed by atoms with Crippen LogP contribution in [-0.2, 0) is 11.3 Å². The molecule has 3 heterocycles. The van der Waals surface area contributed by atoms with Crippen LogP contribution in [0.15, 0.2) is 17.6 Å². The number of rotatable bonds is 6. The van der Waals surface area contributed by atoms with Crippen LogP contribution in [0, 0.1) is 5.41 Å². The number of hydrogen-bond acceptors (Lipinski definition) is 6. The van der Waals surface area contributed by atoms with E-state index in [0.29, 0.717) is 6.54 Å². The molecule has 0 aliphatic carbocycles. The van der Waals surface area contributed by atoms with Crippen molar-refractivity contribution in [3.05, 3.63) is 18.0 Å². The Morgan fingerprint density at radius 2 is 2.12 bits per heavy atom. The van der Waals surface area contributed by atoms with Crippen molar-refractivity contribution in [3.8, 4) is 0 Å². The maximum Gasteiger partial charge on any atom is 0.320 e. The van der Waals surface area contributed by atoms with Gasteiger partial charge in [0, 0.05) is 36.8 Å². The molecule has 2 fully saturated rings. The van der Waals surface area contributed by atoms with Crippen molar-refractivity contribution in [1.82, 2.24) is 20.2 Å². The lowest BCUT2D eigenvalue weighted by Gasteiger charge is -2.33. The Balaban J connectivity index is 1.67. The van der Waals surface area contributed by atoms with E-state index in [4.69, 9.17) is 0 Å². The van der Waals surface area contributed by atoms with Crippen molar-refractivity contribution in [2.24, 2.45) is 5.41 Å². The molecule has 3 rings (SSSR count). The first-order valence-corrected chi connectivity index (χ1v) is 9.72. The number of carboxylic acid groups (broad SMARTS) is 1. The fraction of sp³-hybridized carbons (Fsp3) is 0.706. The molecule has 1 spiro atoms. The van der Waals surface area contributed by atoms with E-state index in [1.165, 1.54) is 0 Å². The Hall–Kier alpha value is -1.18. The third-order valence-corrected chi connectivity index (χ3v) is 6.14. The molecule has 0 bridgehead atoms. The molecular weight excluding hydrogens is 324 g/mol. The fourth-order valence-corrected chi connectivity index (χ4v) is 4.44. The Labute approximate surface area is 147 Å². The van der Waals surface area contributed by atoms with Gasteiger partial charge in [0.2, 0.25) is 0 Å². The minimum absolute atomic E-state index is 0.159. The van der Waals surface area contributed by atoms with E-state index in [9.17, 15) is 9.90 Å². The number of likely N-dealkylation sites (tertiary alicyclic amines) is 1. The van der Waals surface area contributed by atoms with Crippen LogP contribution in [0.3, 0.4) is 0 Å². The normalized spacial score (nSPS) is 23.6. The zero-order valence-corrected chi connectivity index (χ0v) is 15.0. The molecule has 2 aliphatic rings. The topological polar surface area (TPSA) is 78.4 Å². The summed E-state index contributed by atoms with van der Waals surface area (Å²) in [5.74, 6) is 0.310. The highest BCUT2D eigenvalue weighted by Gasteiger charge is 2.47. The molecule has 6 nitrogen and oxygen atoms in total. The molecule has 1 aromatic heterocycles. The lowest BCUT2D eigenvalue weighted by atomic mass is 9.77. The van der Waals surface area contributed by atoms with Crippen LogP contribution in [0.1, 0.15) is 38.2 Å². The molecule has 7 heteroatoms. The number of aliphatic carboxylic acids is 1. The summed E-state index contributed by atoms with van der Waals surface area (Å²) >= 11 is 1.66. The molecule has 2 aliphatic heterocycles. The molecule has 0 amide bonds. The minimum atomic E-state index is -0.707. The van der Waals surface area contributed by atoms with Crippen molar-refractivity contribution in [3.63, 3.8) is 0 Å². The summed E-state index contributed by atoms with van der Waals surface area (Å²) in [6, 6.07) is -0.391. The summed E-state index contributed by atoms with van der Waals surface area (Å²) in [6.07, 6.45) is 7.68. The van der Waals surface area contributed by atoms with Gasteiger partial charge in [-0.15, -0.1) is 0 Å². The smallest absolute Gasteiger partial charge is 0.320 e. The van der Waals surface area contributed by atoms with Crippen molar-refractivity contribution in [2.45, 2.75) is 50.4 Å². The largest absolute Gasteiger partial charge is 0.480 e. The molecule has 0 saturated carbocycles. The third-order valence-electron chi connectivity index (χ3n) is 5.06. The first-order chi connectivity index (χ1) is 11.6. The van der Waals surface area contributed by atoms with E-state index in [1.807, 2.05) is 12.4 Å². The SMILES string of the molecule is CCCSc1ncc(CN2CC3(CCNCC3)C[C@H]2C(=O)O)cn1. The van der Waals surface area contributed by atoms with Gasteiger partial charge in [0.15, 0.2) is 5.16 Å². The van der Waals surface area contributed by atoms with Gasteiger partial charge in [-0.3, -0.25) is 9.69 Å². The van der Waals surface area contributed by atoms with E-state index < -0.39 is 12.0 Å². The molecule has 2 N–H and O–H groups in total. The molecule has 0 aromatic carbocycles. The summed E-state index contributed by atoms with van der Waals surface area (Å²) < 4.78 is 0. The molecule has 1 atom stereocenters. The van der Waals surface area contributed by atoms with Gasteiger partial charge in [0.1, 0.15) is 6.04 Å². The lowest BCUT2D eigenvalue weighted by molar-refractivity contribution is -0.142. The quantitative estimate of drug-likeness (QED) is 0.600. The number of carbonyl (C=O) groups is 1. The number of hydrogen-bond donors (Lipinski definition) is 2. The molecule has 0 radical (unpaired) electrons. The lowest BCUT2D eigenvalue weighted by Crippen LogP contribution is -2.38. The van der Waals surface area contributed by atoms with Crippen molar-refractivity contribution >= 4 is 17.7 Å². The maximum atomic E-state index is 11.7.